The Morgan fingerprint density at radius 3 is 2.15 bits per heavy atom. The van der Waals surface area contributed by atoms with E-state index in [4.69, 9.17) is 4.99 Å². The number of benzene rings is 2. The maximum absolute atomic E-state index is 4.82. The van der Waals surface area contributed by atoms with Crippen LogP contribution in [0.3, 0.4) is 0 Å². The van der Waals surface area contributed by atoms with Crippen LogP contribution in [0.1, 0.15) is 16.4 Å². The minimum absolute atomic E-state index is 0.299. The molecule has 0 aliphatic heterocycles. The molecule has 0 fully saturated rings. The molecule has 2 aromatic carbocycles. The van der Waals surface area contributed by atoms with Crippen molar-refractivity contribution in [1.29, 1.82) is 0 Å². The second kappa shape index (κ2) is 7.55. The van der Waals surface area contributed by atoms with Crippen LogP contribution < -0.4 is 0 Å². The van der Waals surface area contributed by atoms with Gasteiger partial charge in [0.05, 0.1) is 16.0 Å². The second-order valence-electron chi connectivity index (χ2n) is 4.52. The predicted molar refractivity (Wildman–Crippen MR) is 94.5 cm³/mol. The van der Waals surface area contributed by atoms with E-state index < -0.39 is 0 Å². The first kappa shape index (κ1) is 15.2. The molecule has 0 aliphatic carbocycles. The summed E-state index contributed by atoms with van der Waals surface area (Å²) in [7, 11) is 0. The summed E-state index contributed by atoms with van der Waals surface area (Å²) >= 11 is 3.55. The Labute approximate surface area is 129 Å². The molecule has 1 unspecified atom stereocenters. The van der Waals surface area contributed by atoms with Gasteiger partial charge < -0.3 is 0 Å². The van der Waals surface area contributed by atoms with Crippen molar-refractivity contribution in [3.05, 3.63) is 65.7 Å². The van der Waals surface area contributed by atoms with E-state index >= 15 is 0 Å². The van der Waals surface area contributed by atoms with Crippen molar-refractivity contribution in [3.8, 4) is 0 Å². The smallest absolute Gasteiger partial charge is 0.0910 e. The molecule has 0 saturated carbocycles. The summed E-state index contributed by atoms with van der Waals surface area (Å²) in [6.07, 6.45) is 4.23. The molecular formula is C17H19NS2. The molecule has 20 heavy (non-hydrogen) atoms. The van der Waals surface area contributed by atoms with Gasteiger partial charge in [-0.2, -0.15) is 11.8 Å². The normalized spacial score (nSPS) is 13.2. The Morgan fingerprint density at radius 2 is 1.60 bits per heavy atom. The van der Waals surface area contributed by atoms with Gasteiger partial charge in [-0.1, -0.05) is 48.0 Å². The molecule has 0 radical (unpaired) electrons. The largest absolute Gasteiger partial charge is 0.245 e. The van der Waals surface area contributed by atoms with Crippen LogP contribution in [0.2, 0.25) is 0 Å². The lowest BCUT2D eigenvalue weighted by molar-refractivity contribution is 1.30. The second-order valence-corrected chi connectivity index (χ2v) is 6.29. The number of aryl methyl sites for hydroxylation is 1. The molecule has 3 heteroatoms. The van der Waals surface area contributed by atoms with Gasteiger partial charge in [0.25, 0.3) is 0 Å². The fourth-order valence-corrected chi connectivity index (χ4v) is 3.77. The third-order valence-electron chi connectivity index (χ3n) is 3.04. The number of hydrogen-bond donors (Lipinski definition) is 0. The molecule has 0 aromatic heterocycles. The average Bonchev–Trinajstić information content (AvgIpc) is 2.50. The molecule has 2 rings (SSSR count). The Hall–Kier alpha value is -1.19. The lowest BCUT2D eigenvalue weighted by Crippen LogP contribution is -2.04. The Kier molecular flexibility index (Phi) is 5.74. The van der Waals surface area contributed by atoms with E-state index in [0.29, 0.717) is 5.25 Å². The lowest BCUT2D eigenvalue weighted by atomic mass is 10.1. The average molecular weight is 301 g/mol. The van der Waals surface area contributed by atoms with E-state index in [-0.39, 0.29) is 0 Å². The Bertz CT molecular complexity index is 561. The monoisotopic (exact) mass is 301 g/mol. The summed E-state index contributed by atoms with van der Waals surface area (Å²) in [6.45, 7) is 2.09. The zero-order valence-corrected chi connectivity index (χ0v) is 13.7. The van der Waals surface area contributed by atoms with E-state index in [9.17, 15) is 0 Å². The van der Waals surface area contributed by atoms with Crippen molar-refractivity contribution in [3.63, 3.8) is 0 Å². The first-order valence-electron chi connectivity index (χ1n) is 6.51. The lowest BCUT2D eigenvalue weighted by Gasteiger charge is -2.16. The third kappa shape index (κ3) is 3.90. The molecule has 0 amide bonds. The molecule has 104 valence electrons. The highest BCUT2D eigenvalue weighted by Crippen LogP contribution is 2.33. The Morgan fingerprint density at radius 1 is 0.950 bits per heavy atom. The summed E-state index contributed by atoms with van der Waals surface area (Å²) in [6, 6.07) is 18.9. The van der Waals surface area contributed by atoms with Crippen LogP contribution in [0, 0.1) is 6.92 Å². The fraction of sp³-hybridized carbons (Fsp3) is 0.235. The first-order valence-corrected chi connectivity index (χ1v) is 9.03. The highest BCUT2D eigenvalue weighted by molar-refractivity contribution is 8.15. The standard InChI is InChI=1S/C17H19NS2/c1-13-9-11-15(12-10-13)18-17(20-3)16(19-2)14-7-5-4-6-8-14/h4-12,16H,1-3H3. The SMILES string of the molecule is CSC(=Nc1ccc(C)cc1)C(SC)c1ccccc1. The van der Waals surface area contributed by atoms with Gasteiger partial charge in [0.15, 0.2) is 0 Å². The number of nitrogens with zero attached hydrogens (tertiary/aromatic N) is 1. The molecule has 0 N–H and O–H groups in total. The minimum Gasteiger partial charge on any atom is -0.245 e. The van der Waals surface area contributed by atoms with Crippen LogP contribution in [-0.2, 0) is 0 Å². The molecule has 0 spiro atoms. The molecule has 1 nitrogen and oxygen atoms in total. The zero-order valence-electron chi connectivity index (χ0n) is 12.0. The number of aliphatic imine (C=N–C) groups is 1. The van der Waals surface area contributed by atoms with Crippen molar-refractivity contribution >= 4 is 34.3 Å². The molecule has 0 saturated heterocycles. The number of thioether (sulfide) groups is 2. The van der Waals surface area contributed by atoms with Crippen LogP contribution in [-0.4, -0.2) is 17.6 Å². The fourth-order valence-electron chi connectivity index (χ4n) is 1.97. The Balaban J connectivity index is 2.32. The van der Waals surface area contributed by atoms with Crippen LogP contribution in [0.4, 0.5) is 5.69 Å². The van der Waals surface area contributed by atoms with Gasteiger partial charge in [0.1, 0.15) is 0 Å². The van der Waals surface area contributed by atoms with E-state index in [0.717, 1.165) is 10.7 Å². The van der Waals surface area contributed by atoms with Gasteiger partial charge in [-0.25, -0.2) is 4.99 Å². The first-order chi connectivity index (χ1) is 9.74. The maximum atomic E-state index is 4.82. The van der Waals surface area contributed by atoms with Crippen molar-refractivity contribution in [2.45, 2.75) is 12.2 Å². The van der Waals surface area contributed by atoms with Crippen molar-refractivity contribution in [1.82, 2.24) is 0 Å². The summed E-state index contributed by atoms with van der Waals surface area (Å²) in [5.41, 5.74) is 3.59. The molecule has 2 aromatic rings. The molecule has 1 atom stereocenters. The van der Waals surface area contributed by atoms with Gasteiger partial charge in [-0.3, -0.25) is 0 Å². The quantitative estimate of drug-likeness (QED) is 0.546. The molecule has 0 aliphatic rings. The predicted octanol–water partition coefficient (Wildman–Crippen LogP) is 5.49. The summed E-state index contributed by atoms with van der Waals surface area (Å²) < 4.78 is 0. The van der Waals surface area contributed by atoms with E-state index in [2.05, 4.69) is 74.0 Å². The van der Waals surface area contributed by atoms with Crippen LogP contribution in [0.15, 0.2) is 59.6 Å². The summed E-state index contributed by atoms with van der Waals surface area (Å²) in [4.78, 5) is 4.82. The summed E-state index contributed by atoms with van der Waals surface area (Å²) in [5, 5.41) is 1.44. The highest BCUT2D eigenvalue weighted by atomic mass is 32.2. The van der Waals surface area contributed by atoms with Crippen LogP contribution in [0.5, 0.6) is 0 Å². The van der Waals surface area contributed by atoms with Crippen LogP contribution in [0.25, 0.3) is 0 Å². The van der Waals surface area contributed by atoms with Gasteiger partial charge in [-0.05, 0) is 37.1 Å². The van der Waals surface area contributed by atoms with Gasteiger partial charge in [0.2, 0.25) is 0 Å². The van der Waals surface area contributed by atoms with Crippen LogP contribution >= 0.6 is 23.5 Å². The van der Waals surface area contributed by atoms with Gasteiger partial charge in [0, 0.05) is 0 Å². The molecular weight excluding hydrogens is 282 g/mol. The maximum Gasteiger partial charge on any atom is 0.0910 e. The van der Waals surface area contributed by atoms with Gasteiger partial charge in [-0.15, -0.1) is 11.8 Å². The number of hydrogen-bond acceptors (Lipinski definition) is 3. The topological polar surface area (TPSA) is 12.4 Å². The highest BCUT2D eigenvalue weighted by Gasteiger charge is 2.16. The van der Waals surface area contributed by atoms with Crippen molar-refractivity contribution in [2.24, 2.45) is 4.99 Å². The van der Waals surface area contributed by atoms with E-state index in [1.807, 2.05) is 11.8 Å². The molecule has 0 bridgehead atoms. The van der Waals surface area contributed by atoms with E-state index in [1.165, 1.54) is 11.1 Å². The van der Waals surface area contributed by atoms with E-state index in [1.54, 1.807) is 11.8 Å². The van der Waals surface area contributed by atoms with Crippen molar-refractivity contribution < 1.29 is 0 Å². The van der Waals surface area contributed by atoms with Gasteiger partial charge >= 0.3 is 0 Å². The molecule has 0 heterocycles. The number of rotatable bonds is 4. The summed E-state index contributed by atoms with van der Waals surface area (Å²) in [5.74, 6) is 0. The third-order valence-corrected chi connectivity index (χ3v) is 4.91. The zero-order chi connectivity index (χ0) is 14.4. The van der Waals surface area contributed by atoms with Crippen molar-refractivity contribution in [2.75, 3.05) is 12.5 Å². The minimum atomic E-state index is 0.299.